The lowest BCUT2D eigenvalue weighted by molar-refractivity contribution is -0.143. The van der Waals surface area contributed by atoms with Crippen LogP contribution in [0.25, 0.3) is 0 Å². The van der Waals surface area contributed by atoms with Gasteiger partial charge in [0.25, 0.3) is 0 Å². The third-order valence-corrected chi connectivity index (χ3v) is 5.01. The molecule has 0 aromatic heterocycles. The molecule has 0 saturated heterocycles. The first-order chi connectivity index (χ1) is 8.84. The van der Waals surface area contributed by atoms with Crippen molar-refractivity contribution in [1.82, 2.24) is 0 Å². The largest absolute Gasteiger partial charge is 0.466 e. The summed E-state index contributed by atoms with van der Waals surface area (Å²) in [5.74, 6) is 1.28. The maximum absolute atomic E-state index is 11.3. The molecule has 19 heavy (non-hydrogen) atoms. The molecule has 1 saturated carbocycles. The van der Waals surface area contributed by atoms with E-state index in [0.717, 1.165) is 12.3 Å². The fourth-order valence-electron chi connectivity index (χ4n) is 3.07. The van der Waals surface area contributed by atoms with Crippen LogP contribution in [-0.4, -0.2) is 18.0 Å². The minimum absolute atomic E-state index is 0.114. The van der Waals surface area contributed by atoms with Gasteiger partial charge in [-0.05, 0) is 56.3 Å². The van der Waals surface area contributed by atoms with Gasteiger partial charge >= 0.3 is 5.97 Å². The monoisotopic (exact) mass is 288 g/mol. The number of alkyl halides is 1. The molecular weight excluding hydrogens is 260 g/mol. The second-order valence-corrected chi connectivity index (χ2v) is 7.40. The van der Waals surface area contributed by atoms with E-state index in [1.54, 1.807) is 0 Å². The van der Waals surface area contributed by atoms with Crippen molar-refractivity contribution in [2.45, 2.75) is 71.6 Å². The first-order valence-electron chi connectivity index (χ1n) is 7.64. The highest BCUT2D eigenvalue weighted by Crippen LogP contribution is 2.42. The van der Waals surface area contributed by atoms with Gasteiger partial charge in [-0.1, -0.05) is 20.8 Å². The number of rotatable bonds is 5. The van der Waals surface area contributed by atoms with Crippen molar-refractivity contribution in [2.24, 2.45) is 17.3 Å². The Morgan fingerprint density at radius 2 is 1.84 bits per heavy atom. The van der Waals surface area contributed by atoms with Crippen LogP contribution in [0.15, 0.2) is 0 Å². The van der Waals surface area contributed by atoms with Gasteiger partial charge in [0, 0.05) is 11.8 Å². The van der Waals surface area contributed by atoms with Gasteiger partial charge in [-0.15, -0.1) is 11.6 Å². The lowest BCUT2D eigenvalue weighted by atomic mass is 9.69. The Morgan fingerprint density at radius 3 is 2.32 bits per heavy atom. The average Bonchev–Trinajstić information content (AvgIpc) is 2.35. The zero-order valence-electron chi connectivity index (χ0n) is 12.9. The normalized spacial score (nSPS) is 25.9. The molecule has 0 bridgehead atoms. The van der Waals surface area contributed by atoms with Crippen LogP contribution in [0.1, 0.15) is 66.2 Å². The van der Waals surface area contributed by atoms with E-state index in [-0.39, 0.29) is 11.3 Å². The van der Waals surface area contributed by atoms with Crippen molar-refractivity contribution in [1.29, 1.82) is 0 Å². The van der Waals surface area contributed by atoms with Crippen molar-refractivity contribution in [3.63, 3.8) is 0 Å². The van der Waals surface area contributed by atoms with Crippen LogP contribution in [0.5, 0.6) is 0 Å². The van der Waals surface area contributed by atoms with Crippen LogP contribution < -0.4 is 0 Å². The first kappa shape index (κ1) is 16.8. The van der Waals surface area contributed by atoms with E-state index in [4.69, 9.17) is 16.3 Å². The van der Waals surface area contributed by atoms with E-state index >= 15 is 0 Å². The second kappa shape index (κ2) is 7.52. The van der Waals surface area contributed by atoms with E-state index in [9.17, 15) is 4.79 Å². The van der Waals surface area contributed by atoms with Gasteiger partial charge in [-0.3, -0.25) is 4.79 Å². The first-order valence-corrected chi connectivity index (χ1v) is 8.08. The summed E-state index contributed by atoms with van der Waals surface area (Å²) in [6, 6.07) is 0. The van der Waals surface area contributed by atoms with E-state index in [1.165, 1.54) is 25.7 Å². The number of hydrogen-bond acceptors (Lipinski definition) is 2. The van der Waals surface area contributed by atoms with Gasteiger partial charge < -0.3 is 4.74 Å². The number of ether oxygens (including phenoxy) is 1. The summed E-state index contributed by atoms with van der Waals surface area (Å²) in [5, 5.41) is 0.130. The van der Waals surface area contributed by atoms with Gasteiger partial charge in [0.05, 0.1) is 6.61 Å². The summed E-state index contributed by atoms with van der Waals surface area (Å²) >= 11 is 6.46. The Labute approximate surface area is 123 Å². The van der Waals surface area contributed by atoms with Crippen molar-refractivity contribution in [3.05, 3.63) is 0 Å². The summed E-state index contributed by atoms with van der Waals surface area (Å²) < 4.78 is 4.94. The van der Waals surface area contributed by atoms with E-state index in [0.29, 0.717) is 24.4 Å². The summed E-state index contributed by atoms with van der Waals surface area (Å²) in [5.41, 5.74) is 0.414. The molecule has 0 N–H and O–H groups in total. The van der Waals surface area contributed by atoms with E-state index in [2.05, 4.69) is 20.8 Å². The lowest BCUT2D eigenvalue weighted by Crippen LogP contribution is -2.29. The smallest absolute Gasteiger partial charge is 0.305 e. The van der Waals surface area contributed by atoms with Gasteiger partial charge in [-0.25, -0.2) is 0 Å². The van der Waals surface area contributed by atoms with Crippen molar-refractivity contribution < 1.29 is 9.53 Å². The van der Waals surface area contributed by atoms with Crippen molar-refractivity contribution in [3.8, 4) is 0 Å². The van der Waals surface area contributed by atoms with Gasteiger partial charge in [0.15, 0.2) is 0 Å². The highest BCUT2D eigenvalue weighted by molar-refractivity contribution is 6.20. The van der Waals surface area contributed by atoms with Crippen LogP contribution in [0.4, 0.5) is 0 Å². The molecule has 0 aromatic carbocycles. The van der Waals surface area contributed by atoms with Crippen LogP contribution >= 0.6 is 11.6 Å². The van der Waals surface area contributed by atoms with Crippen molar-refractivity contribution in [2.75, 3.05) is 6.61 Å². The molecular formula is C16H29ClO2. The number of carbonyl (C=O) groups excluding carboxylic acids is 1. The van der Waals surface area contributed by atoms with Crippen LogP contribution in [0.2, 0.25) is 0 Å². The summed E-state index contributed by atoms with van der Waals surface area (Å²) in [6.07, 6.45) is 6.18. The van der Waals surface area contributed by atoms with Crippen LogP contribution in [0, 0.1) is 17.3 Å². The maximum Gasteiger partial charge on any atom is 0.305 e. The van der Waals surface area contributed by atoms with Gasteiger partial charge in [0.2, 0.25) is 0 Å². The third-order valence-electron chi connectivity index (χ3n) is 4.44. The molecule has 0 aliphatic heterocycles. The minimum atomic E-state index is -0.114. The molecule has 1 rings (SSSR count). The molecule has 1 aliphatic rings. The zero-order valence-corrected chi connectivity index (χ0v) is 13.6. The molecule has 1 fully saturated rings. The Morgan fingerprint density at radius 1 is 1.26 bits per heavy atom. The zero-order chi connectivity index (χ0) is 14.5. The lowest BCUT2D eigenvalue weighted by Gasteiger charge is -2.38. The second-order valence-electron chi connectivity index (χ2n) is 6.84. The molecule has 0 amide bonds. The summed E-state index contributed by atoms with van der Waals surface area (Å²) in [4.78, 5) is 11.3. The molecule has 1 aliphatic carbocycles. The molecule has 0 heterocycles. The molecule has 0 spiro atoms. The average molecular weight is 289 g/mol. The number of esters is 1. The van der Waals surface area contributed by atoms with Gasteiger partial charge in [0.1, 0.15) is 0 Å². The molecule has 2 nitrogen and oxygen atoms in total. The Bertz CT molecular complexity index is 275. The minimum Gasteiger partial charge on any atom is -0.466 e. The van der Waals surface area contributed by atoms with Crippen LogP contribution in [0.3, 0.4) is 0 Å². The summed E-state index contributed by atoms with van der Waals surface area (Å²) in [7, 11) is 0. The van der Waals surface area contributed by atoms with Crippen molar-refractivity contribution >= 4 is 17.6 Å². The highest BCUT2D eigenvalue weighted by atomic mass is 35.5. The van der Waals surface area contributed by atoms with Gasteiger partial charge in [-0.2, -0.15) is 0 Å². The Kier molecular flexibility index (Phi) is 6.65. The highest BCUT2D eigenvalue weighted by Gasteiger charge is 2.32. The molecule has 112 valence electrons. The third kappa shape index (κ3) is 5.72. The molecule has 3 heteroatoms. The molecule has 1 unspecified atom stereocenters. The SMILES string of the molecule is CCOC(=O)CCC(Cl)C1CCC(C(C)(C)C)CC1. The van der Waals surface area contributed by atoms with Crippen LogP contribution in [-0.2, 0) is 9.53 Å². The maximum atomic E-state index is 11.3. The number of carbonyl (C=O) groups is 1. The molecule has 1 atom stereocenters. The predicted molar refractivity (Wildman–Crippen MR) is 80.4 cm³/mol. The Hall–Kier alpha value is -0.240. The molecule has 0 aromatic rings. The fraction of sp³-hybridized carbons (Fsp3) is 0.938. The quantitative estimate of drug-likeness (QED) is 0.537. The molecule has 0 radical (unpaired) electrons. The topological polar surface area (TPSA) is 26.3 Å². The van der Waals surface area contributed by atoms with E-state index in [1.807, 2.05) is 6.92 Å². The number of hydrogen-bond donors (Lipinski definition) is 0. The standard InChI is InChI=1S/C16H29ClO2/c1-5-19-15(18)11-10-14(17)12-6-8-13(9-7-12)16(2,3)4/h12-14H,5-11H2,1-4H3. The number of halogens is 1. The Balaban J connectivity index is 2.29. The fourth-order valence-corrected chi connectivity index (χ4v) is 3.43. The summed E-state index contributed by atoms with van der Waals surface area (Å²) in [6.45, 7) is 9.29. The predicted octanol–water partition coefficient (Wildman–Crippen LogP) is 4.79. The van der Waals surface area contributed by atoms with E-state index < -0.39 is 0 Å².